The third-order valence-electron chi connectivity index (χ3n) is 3.63. The molecule has 0 bridgehead atoms. The number of ether oxygens (including phenoxy) is 1. The molecule has 0 aliphatic carbocycles. The molecule has 0 aromatic heterocycles. The van der Waals surface area contributed by atoms with Crippen LogP contribution in [-0.4, -0.2) is 30.2 Å². The second-order valence-corrected chi connectivity index (χ2v) is 5.59. The first-order chi connectivity index (χ1) is 9.49. The van der Waals surface area contributed by atoms with Crippen LogP contribution >= 0.6 is 0 Å². The molecule has 0 radical (unpaired) electrons. The van der Waals surface area contributed by atoms with E-state index in [0.29, 0.717) is 6.04 Å². The molecule has 1 unspecified atom stereocenters. The SMILES string of the molecule is CC(C)OCCCN1c2ccc([N+](=O)[O-])cc2CC1C. The average molecular weight is 278 g/mol. The van der Waals surface area contributed by atoms with E-state index < -0.39 is 0 Å². The van der Waals surface area contributed by atoms with Crippen LogP contribution in [0.1, 0.15) is 32.8 Å². The van der Waals surface area contributed by atoms with Crippen molar-refractivity contribution >= 4 is 11.4 Å². The molecule has 110 valence electrons. The van der Waals surface area contributed by atoms with E-state index in [1.165, 1.54) is 0 Å². The second-order valence-electron chi connectivity index (χ2n) is 5.59. The van der Waals surface area contributed by atoms with E-state index in [-0.39, 0.29) is 16.7 Å². The molecular weight excluding hydrogens is 256 g/mol. The summed E-state index contributed by atoms with van der Waals surface area (Å²) in [5.74, 6) is 0. The quantitative estimate of drug-likeness (QED) is 0.455. The van der Waals surface area contributed by atoms with Crippen molar-refractivity contribution in [2.75, 3.05) is 18.1 Å². The predicted octanol–water partition coefficient (Wildman–Crippen LogP) is 3.16. The molecule has 0 saturated carbocycles. The van der Waals surface area contributed by atoms with E-state index in [1.54, 1.807) is 12.1 Å². The molecule has 1 heterocycles. The summed E-state index contributed by atoms with van der Waals surface area (Å²) in [6.07, 6.45) is 2.11. The lowest BCUT2D eigenvalue weighted by Gasteiger charge is -2.25. The Morgan fingerprint density at radius 3 is 2.90 bits per heavy atom. The number of non-ortho nitro benzene ring substituents is 1. The minimum absolute atomic E-state index is 0.181. The van der Waals surface area contributed by atoms with Gasteiger partial charge in [0, 0.05) is 37.0 Å². The van der Waals surface area contributed by atoms with Gasteiger partial charge in [-0.05, 0) is 45.2 Å². The molecule has 2 rings (SSSR count). The number of benzene rings is 1. The summed E-state index contributed by atoms with van der Waals surface area (Å²) in [6.45, 7) is 7.91. The Hall–Kier alpha value is -1.62. The Morgan fingerprint density at radius 1 is 1.50 bits per heavy atom. The molecule has 20 heavy (non-hydrogen) atoms. The van der Waals surface area contributed by atoms with E-state index in [0.717, 1.165) is 37.2 Å². The first kappa shape index (κ1) is 14.8. The number of hydrogen-bond acceptors (Lipinski definition) is 4. The van der Waals surface area contributed by atoms with Crippen LogP contribution in [0.2, 0.25) is 0 Å². The molecule has 0 fully saturated rings. The van der Waals surface area contributed by atoms with Gasteiger partial charge in [-0.3, -0.25) is 10.1 Å². The number of rotatable bonds is 6. The number of hydrogen-bond donors (Lipinski definition) is 0. The first-order valence-electron chi connectivity index (χ1n) is 7.14. The Bertz CT molecular complexity index is 488. The number of nitro benzene ring substituents is 1. The van der Waals surface area contributed by atoms with Gasteiger partial charge in [-0.1, -0.05) is 0 Å². The number of nitro groups is 1. The average Bonchev–Trinajstić information content (AvgIpc) is 2.69. The van der Waals surface area contributed by atoms with Crippen LogP contribution in [-0.2, 0) is 11.2 Å². The van der Waals surface area contributed by atoms with Gasteiger partial charge >= 0.3 is 0 Å². The van der Waals surface area contributed by atoms with Crippen LogP contribution < -0.4 is 4.90 Å². The van der Waals surface area contributed by atoms with Gasteiger partial charge in [0.05, 0.1) is 11.0 Å². The van der Waals surface area contributed by atoms with Crippen LogP contribution in [0.5, 0.6) is 0 Å². The Morgan fingerprint density at radius 2 is 2.25 bits per heavy atom. The highest BCUT2D eigenvalue weighted by Gasteiger charge is 2.27. The van der Waals surface area contributed by atoms with Crippen LogP contribution in [0.4, 0.5) is 11.4 Å². The molecule has 0 N–H and O–H groups in total. The molecule has 1 aliphatic rings. The van der Waals surface area contributed by atoms with E-state index in [1.807, 2.05) is 19.9 Å². The fraction of sp³-hybridized carbons (Fsp3) is 0.600. The van der Waals surface area contributed by atoms with Gasteiger partial charge in [0.15, 0.2) is 0 Å². The lowest BCUT2D eigenvalue weighted by Crippen LogP contribution is -2.31. The highest BCUT2D eigenvalue weighted by atomic mass is 16.6. The van der Waals surface area contributed by atoms with Crippen molar-refractivity contribution in [2.24, 2.45) is 0 Å². The van der Waals surface area contributed by atoms with Crippen LogP contribution in [0.25, 0.3) is 0 Å². The number of anilines is 1. The monoisotopic (exact) mass is 278 g/mol. The second kappa shape index (κ2) is 6.22. The maximum absolute atomic E-state index is 10.8. The zero-order chi connectivity index (χ0) is 14.7. The Kier molecular flexibility index (Phi) is 4.60. The van der Waals surface area contributed by atoms with Crippen molar-refractivity contribution in [1.82, 2.24) is 0 Å². The van der Waals surface area contributed by atoms with Crippen molar-refractivity contribution in [3.05, 3.63) is 33.9 Å². The zero-order valence-corrected chi connectivity index (χ0v) is 12.3. The molecule has 0 amide bonds. The normalized spacial score (nSPS) is 17.6. The van der Waals surface area contributed by atoms with E-state index in [9.17, 15) is 10.1 Å². The molecular formula is C15H22N2O3. The summed E-state index contributed by atoms with van der Waals surface area (Å²) in [5, 5.41) is 10.8. The van der Waals surface area contributed by atoms with Gasteiger partial charge in [0.2, 0.25) is 0 Å². The summed E-state index contributed by atoms with van der Waals surface area (Å²) >= 11 is 0. The molecule has 0 spiro atoms. The lowest BCUT2D eigenvalue weighted by molar-refractivity contribution is -0.384. The summed E-state index contributed by atoms with van der Waals surface area (Å²) in [5.41, 5.74) is 2.39. The smallest absolute Gasteiger partial charge is 0.269 e. The fourth-order valence-electron chi connectivity index (χ4n) is 2.69. The topological polar surface area (TPSA) is 55.6 Å². The maximum Gasteiger partial charge on any atom is 0.269 e. The van der Waals surface area contributed by atoms with Crippen LogP contribution in [0.15, 0.2) is 18.2 Å². The van der Waals surface area contributed by atoms with Crippen molar-refractivity contribution in [3.8, 4) is 0 Å². The van der Waals surface area contributed by atoms with Crippen molar-refractivity contribution in [2.45, 2.75) is 45.8 Å². The maximum atomic E-state index is 10.8. The summed E-state index contributed by atoms with van der Waals surface area (Å²) in [6, 6.07) is 5.57. The van der Waals surface area contributed by atoms with E-state index >= 15 is 0 Å². The standard InChI is InChI=1S/C15H22N2O3/c1-11(2)20-8-4-7-16-12(3)9-13-10-14(17(18)19)5-6-15(13)16/h5-6,10-12H,4,7-9H2,1-3H3. The van der Waals surface area contributed by atoms with Gasteiger partial charge in [-0.2, -0.15) is 0 Å². The lowest BCUT2D eigenvalue weighted by atomic mass is 10.1. The van der Waals surface area contributed by atoms with Crippen molar-refractivity contribution in [1.29, 1.82) is 0 Å². The summed E-state index contributed by atoms with van der Waals surface area (Å²) < 4.78 is 5.56. The van der Waals surface area contributed by atoms with Crippen LogP contribution in [0, 0.1) is 10.1 Å². The molecule has 1 aromatic carbocycles. The summed E-state index contributed by atoms with van der Waals surface area (Å²) in [7, 11) is 0. The van der Waals surface area contributed by atoms with E-state index in [4.69, 9.17) is 4.74 Å². The molecule has 1 aromatic rings. The number of fused-ring (bicyclic) bond motifs is 1. The van der Waals surface area contributed by atoms with Crippen molar-refractivity contribution < 1.29 is 9.66 Å². The van der Waals surface area contributed by atoms with Crippen molar-refractivity contribution in [3.63, 3.8) is 0 Å². The van der Waals surface area contributed by atoms with Gasteiger partial charge < -0.3 is 9.64 Å². The van der Waals surface area contributed by atoms with Gasteiger partial charge in [-0.15, -0.1) is 0 Å². The highest BCUT2D eigenvalue weighted by molar-refractivity contribution is 5.62. The molecule has 1 atom stereocenters. The fourth-order valence-corrected chi connectivity index (χ4v) is 2.69. The highest BCUT2D eigenvalue weighted by Crippen LogP contribution is 2.34. The van der Waals surface area contributed by atoms with Crippen LogP contribution in [0.3, 0.4) is 0 Å². The third kappa shape index (κ3) is 3.28. The first-order valence-corrected chi connectivity index (χ1v) is 7.14. The molecule has 0 saturated heterocycles. The van der Waals surface area contributed by atoms with Gasteiger partial charge in [0.1, 0.15) is 0 Å². The third-order valence-corrected chi connectivity index (χ3v) is 3.63. The Labute approximate surface area is 119 Å². The minimum atomic E-state index is -0.329. The largest absolute Gasteiger partial charge is 0.379 e. The summed E-state index contributed by atoms with van der Waals surface area (Å²) in [4.78, 5) is 12.8. The molecule has 1 aliphatic heterocycles. The van der Waals surface area contributed by atoms with Gasteiger partial charge in [-0.25, -0.2) is 0 Å². The Balaban J connectivity index is 2.01. The minimum Gasteiger partial charge on any atom is -0.379 e. The van der Waals surface area contributed by atoms with Gasteiger partial charge in [0.25, 0.3) is 5.69 Å². The zero-order valence-electron chi connectivity index (χ0n) is 12.3. The molecule has 5 heteroatoms. The number of nitrogens with zero attached hydrogens (tertiary/aromatic N) is 2. The molecule has 5 nitrogen and oxygen atoms in total. The van der Waals surface area contributed by atoms with E-state index in [2.05, 4.69) is 11.8 Å². The predicted molar refractivity (Wildman–Crippen MR) is 79.3 cm³/mol.